The second kappa shape index (κ2) is 6.48. The summed E-state index contributed by atoms with van der Waals surface area (Å²) in [4.78, 5) is 25.4. The van der Waals surface area contributed by atoms with Gasteiger partial charge in [-0.15, -0.1) is 0 Å². The van der Waals surface area contributed by atoms with Gasteiger partial charge < -0.3 is 15.0 Å². The Bertz CT molecular complexity index is 546. The maximum Gasteiger partial charge on any atom is 0.322 e. The van der Waals surface area contributed by atoms with Crippen LogP contribution < -0.4 is 5.32 Å². The zero-order chi connectivity index (χ0) is 16.3. The Hall–Kier alpha value is -1.88. The van der Waals surface area contributed by atoms with Gasteiger partial charge in [-0.2, -0.15) is 0 Å². The molecule has 0 spiro atoms. The van der Waals surface area contributed by atoms with Gasteiger partial charge in [0.15, 0.2) is 5.78 Å². The van der Waals surface area contributed by atoms with Crippen molar-refractivity contribution in [2.45, 2.75) is 33.8 Å². The number of Topliss-reactive ketones (excluding diaryl/α,β-unsaturated/α-hetero) is 1. The maximum absolute atomic E-state index is 12.4. The SMILES string of the molecule is CC(=O)c1ccc(NC(=O)N2CCO[C@H](C(C)(C)C)C2)cc1. The highest BCUT2D eigenvalue weighted by molar-refractivity contribution is 5.95. The van der Waals surface area contributed by atoms with Crippen LogP contribution in [-0.2, 0) is 4.74 Å². The van der Waals surface area contributed by atoms with Crippen LogP contribution in [0.1, 0.15) is 38.1 Å². The highest BCUT2D eigenvalue weighted by Crippen LogP contribution is 2.25. The fourth-order valence-electron chi connectivity index (χ4n) is 2.35. The Balaban J connectivity index is 1.98. The summed E-state index contributed by atoms with van der Waals surface area (Å²) in [6.45, 7) is 9.58. The molecule has 2 rings (SSSR count). The van der Waals surface area contributed by atoms with E-state index in [2.05, 4.69) is 26.1 Å². The lowest BCUT2D eigenvalue weighted by Crippen LogP contribution is -2.51. The molecule has 22 heavy (non-hydrogen) atoms. The zero-order valence-electron chi connectivity index (χ0n) is 13.7. The lowest BCUT2D eigenvalue weighted by molar-refractivity contribution is -0.0664. The van der Waals surface area contributed by atoms with Crippen LogP contribution in [0.2, 0.25) is 0 Å². The number of hydrogen-bond donors (Lipinski definition) is 1. The molecule has 5 nitrogen and oxygen atoms in total. The van der Waals surface area contributed by atoms with Crippen molar-refractivity contribution in [2.75, 3.05) is 25.0 Å². The normalized spacial score (nSPS) is 18.9. The number of rotatable bonds is 2. The van der Waals surface area contributed by atoms with Crippen LogP contribution in [-0.4, -0.2) is 42.5 Å². The quantitative estimate of drug-likeness (QED) is 0.854. The number of ether oxygens (including phenoxy) is 1. The molecular formula is C17H24N2O3. The number of anilines is 1. The average molecular weight is 304 g/mol. The molecule has 1 aromatic rings. The molecule has 1 heterocycles. The van der Waals surface area contributed by atoms with Crippen molar-refractivity contribution in [3.63, 3.8) is 0 Å². The highest BCUT2D eigenvalue weighted by Gasteiger charge is 2.32. The maximum atomic E-state index is 12.4. The first-order chi connectivity index (χ1) is 10.3. The van der Waals surface area contributed by atoms with Crippen molar-refractivity contribution >= 4 is 17.5 Å². The molecule has 0 saturated carbocycles. The number of carbonyl (C=O) groups excluding carboxylic acids is 2. The fourth-order valence-corrected chi connectivity index (χ4v) is 2.35. The first kappa shape index (κ1) is 16.5. The number of nitrogens with zero attached hydrogens (tertiary/aromatic N) is 1. The summed E-state index contributed by atoms with van der Waals surface area (Å²) in [5, 5.41) is 2.87. The van der Waals surface area contributed by atoms with Crippen molar-refractivity contribution in [3.8, 4) is 0 Å². The topological polar surface area (TPSA) is 58.6 Å². The summed E-state index contributed by atoms with van der Waals surface area (Å²) in [5.41, 5.74) is 1.33. The van der Waals surface area contributed by atoms with Crippen molar-refractivity contribution in [2.24, 2.45) is 5.41 Å². The third-order valence-electron chi connectivity index (χ3n) is 3.86. The van der Waals surface area contributed by atoms with Crippen LogP contribution in [0.3, 0.4) is 0 Å². The third-order valence-corrected chi connectivity index (χ3v) is 3.86. The van der Waals surface area contributed by atoms with Crippen LogP contribution in [0.25, 0.3) is 0 Å². The lowest BCUT2D eigenvalue weighted by atomic mass is 9.88. The van der Waals surface area contributed by atoms with E-state index < -0.39 is 0 Å². The van der Waals surface area contributed by atoms with E-state index in [0.29, 0.717) is 30.9 Å². The molecule has 0 aromatic heterocycles. The van der Waals surface area contributed by atoms with E-state index in [9.17, 15) is 9.59 Å². The molecule has 5 heteroatoms. The van der Waals surface area contributed by atoms with Gasteiger partial charge in [-0.25, -0.2) is 4.79 Å². The Morgan fingerprint density at radius 2 is 1.86 bits per heavy atom. The summed E-state index contributed by atoms with van der Waals surface area (Å²) in [6.07, 6.45) is 0.0343. The minimum absolute atomic E-state index is 0.00207. The Kier molecular flexibility index (Phi) is 4.86. The average Bonchev–Trinajstić information content (AvgIpc) is 2.47. The van der Waals surface area contributed by atoms with E-state index >= 15 is 0 Å². The summed E-state index contributed by atoms with van der Waals surface area (Å²) in [5.74, 6) is 0.0130. The van der Waals surface area contributed by atoms with E-state index in [0.717, 1.165) is 0 Å². The summed E-state index contributed by atoms with van der Waals surface area (Å²) in [7, 11) is 0. The second-order valence-electron chi connectivity index (χ2n) is 6.74. The zero-order valence-corrected chi connectivity index (χ0v) is 13.7. The molecule has 0 aliphatic carbocycles. The molecule has 1 N–H and O–H groups in total. The number of morpholine rings is 1. The molecule has 2 amide bonds. The Labute approximate surface area is 131 Å². The van der Waals surface area contributed by atoms with Crippen molar-refractivity contribution in [3.05, 3.63) is 29.8 Å². The number of benzene rings is 1. The minimum Gasteiger partial charge on any atom is -0.374 e. The van der Waals surface area contributed by atoms with E-state index in [-0.39, 0.29) is 23.3 Å². The Morgan fingerprint density at radius 3 is 2.41 bits per heavy atom. The summed E-state index contributed by atoms with van der Waals surface area (Å²) < 4.78 is 5.76. The number of carbonyl (C=O) groups is 2. The highest BCUT2D eigenvalue weighted by atomic mass is 16.5. The fraction of sp³-hybridized carbons (Fsp3) is 0.529. The van der Waals surface area contributed by atoms with Gasteiger partial charge in [0.25, 0.3) is 0 Å². The molecule has 120 valence electrons. The van der Waals surface area contributed by atoms with Gasteiger partial charge in [-0.1, -0.05) is 20.8 Å². The molecule has 1 aliphatic rings. The van der Waals surface area contributed by atoms with Gasteiger partial charge in [0.1, 0.15) is 0 Å². The smallest absolute Gasteiger partial charge is 0.322 e. The number of nitrogens with one attached hydrogen (secondary N) is 1. The van der Waals surface area contributed by atoms with Crippen LogP contribution in [0, 0.1) is 5.41 Å². The van der Waals surface area contributed by atoms with Crippen LogP contribution in [0.4, 0.5) is 10.5 Å². The van der Waals surface area contributed by atoms with Gasteiger partial charge in [-0.3, -0.25) is 4.79 Å². The summed E-state index contributed by atoms with van der Waals surface area (Å²) in [6, 6.07) is 6.80. The van der Waals surface area contributed by atoms with Crippen LogP contribution >= 0.6 is 0 Å². The molecule has 0 radical (unpaired) electrons. The van der Waals surface area contributed by atoms with E-state index in [4.69, 9.17) is 4.74 Å². The minimum atomic E-state index is -0.131. The van der Waals surface area contributed by atoms with Gasteiger partial charge in [0.05, 0.1) is 12.7 Å². The van der Waals surface area contributed by atoms with E-state index in [1.807, 2.05) is 0 Å². The molecule has 1 aliphatic heterocycles. The number of urea groups is 1. The first-order valence-electron chi connectivity index (χ1n) is 7.56. The van der Waals surface area contributed by atoms with Gasteiger partial charge >= 0.3 is 6.03 Å². The first-order valence-corrected chi connectivity index (χ1v) is 7.56. The lowest BCUT2D eigenvalue weighted by Gasteiger charge is -2.39. The molecule has 1 saturated heterocycles. The van der Waals surface area contributed by atoms with Gasteiger partial charge in [0.2, 0.25) is 0 Å². The molecule has 1 aromatic carbocycles. The van der Waals surface area contributed by atoms with Gasteiger partial charge in [-0.05, 0) is 36.6 Å². The van der Waals surface area contributed by atoms with Gasteiger partial charge in [0, 0.05) is 24.3 Å². The predicted octanol–water partition coefficient (Wildman–Crippen LogP) is 3.17. The van der Waals surface area contributed by atoms with Crippen molar-refractivity contribution in [1.82, 2.24) is 4.90 Å². The second-order valence-corrected chi connectivity index (χ2v) is 6.74. The standard InChI is InChI=1S/C17H24N2O3/c1-12(20)13-5-7-14(8-6-13)18-16(21)19-9-10-22-15(11-19)17(2,3)4/h5-8,15H,9-11H2,1-4H3,(H,18,21)/t15-/m0/s1. The molecule has 1 fully saturated rings. The monoisotopic (exact) mass is 304 g/mol. The molecule has 1 atom stereocenters. The Morgan fingerprint density at radius 1 is 1.23 bits per heavy atom. The van der Waals surface area contributed by atoms with E-state index in [1.54, 1.807) is 29.2 Å². The van der Waals surface area contributed by atoms with Crippen LogP contribution in [0.5, 0.6) is 0 Å². The molecular weight excluding hydrogens is 280 g/mol. The number of hydrogen-bond acceptors (Lipinski definition) is 3. The molecule has 0 unspecified atom stereocenters. The largest absolute Gasteiger partial charge is 0.374 e. The van der Waals surface area contributed by atoms with E-state index in [1.165, 1.54) is 6.92 Å². The summed E-state index contributed by atoms with van der Waals surface area (Å²) >= 11 is 0. The van der Waals surface area contributed by atoms with Crippen LogP contribution in [0.15, 0.2) is 24.3 Å². The third kappa shape index (κ3) is 4.07. The number of amides is 2. The molecule has 0 bridgehead atoms. The number of ketones is 1. The van der Waals surface area contributed by atoms with Crippen molar-refractivity contribution < 1.29 is 14.3 Å². The van der Waals surface area contributed by atoms with Crippen molar-refractivity contribution in [1.29, 1.82) is 0 Å². The predicted molar refractivity (Wildman–Crippen MR) is 86.2 cm³/mol.